The molecule has 0 radical (unpaired) electrons. The largest absolute Gasteiger partial charge is 0.368 e. The molecular formula is C18H20BrN5O. The number of piperazine rings is 1. The second-order valence-corrected chi connectivity index (χ2v) is 7.29. The van der Waals surface area contributed by atoms with Crippen molar-refractivity contribution >= 4 is 32.5 Å². The van der Waals surface area contributed by atoms with Crippen LogP contribution in [0.1, 0.15) is 24.7 Å². The fraction of sp³-hybridized carbons (Fsp3) is 0.389. The number of aromatic nitrogens is 3. The van der Waals surface area contributed by atoms with Crippen LogP contribution < -0.4 is 4.90 Å². The Morgan fingerprint density at radius 2 is 1.96 bits per heavy atom. The number of pyridine rings is 1. The van der Waals surface area contributed by atoms with Gasteiger partial charge in [-0.1, -0.05) is 21.1 Å². The summed E-state index contributed by atoms with van der Waals surface area (Å²) in [5.41, 5.74) is 2.27. The average molecular weight is 402 g/mol. The van der Waals surface area contributed by atoms with Crippen molar-refractivity contribution in [2.45, 2.75) is 19.9 Å². The van der Waals surface area contributed by atoms with Crippen LogP contribution in [-0.4, -0.2) is 46.2 Å². The SMILES string of the molecule is Cc1noc(C(C)N2CCN(c3ccnc4ccc(Br)cc34)CC2)n1. The Kier molecular flexibility index (Phi) is 4.43. The highest BCUT2D eigenvalue weighted by Gasteiger charge is 2.26. The molecule has 25 heavy (non-hydrogen) atoms. The molecule has 6 nitrogen and oxygen atoms in total. The summed E-state index contributed by atoms with van der Waals surface area (Å²) in [5, 5.41) is 5.09. The Labute approximate surface area is 155 Å². The molecule has 3 heterocycles. The van der Waals surface area contributed by atoms with E-state index < -0.39 is 0 Å². The van der Waals surface area contributed by atoms with Gasteiger partial charge in [-0.25, -0.2) is 0 Å². The lowest BCUT2D eigenvalue weighted by Crippen LogP contribution is -2.47. The van der Waals surface area contributed by atoms with Crippen molar-refractivity contribution in [3.63, 3.8) is 0 Å². The Morgan fingerprint density at radius 3 is 2.68 bits per heavy atom. The molecule has 0 bridgehead atoms. The minimum absolute atomic E-state index is 0.145. The zero-order valence-electron chi connectivity index (χ0n) is 14.3. The minimum Gasteiger partial charge on any atom is -0.368 e. The van der Waals surface area contributed by atoms with Gasteiger partial charge in [0.1, 0.15) is 0 Å². The van der Waals surface area contributed by atoms with Crippen LogP contribution in [0.25, 0.3) is 10.9 Å². The molecule has 1 atom stereocenters. The molecule has 0 amide bonds. The van der Waals surface area contributed by atoms with E-state index in [0.717, 1.165) is 36.2 Å². The van der Waals surface area contributed by atoms with E-state index >= 15 is 0 Å². The maximum Gasteiger partial charge on any atom is 0.243 e. The van der Waals surface area contributed by atoms with Gasteiger partial charge in [0, 0.05) is 47.9 Å². The molecule has 1 aliphatic rings. The standard InChI is InChI=1S/C18H20BrN5O/c1-12(18-21-13(2)22-25-18)23-7-9-24(10-8-23)17-5-6-20-16-4-3-14(19)11-15(16)17/h3-6,11-12H,7-10H2,1-2H3. The number of halogens is 1. The summed E-state index contributed by atoms with van der Waals surface area (Å²) in [6.07, 6.45) is 1.89. The summed E-state index contributed by atoms with van der Waals surface area (Å²) in [4.78, 5) is 13.7. The predicted molar refractivity (Wildman–Crippen MR) is 101 cm³/mol. The van der Waals surface area contributed by atoms with Gasteiger partial charge < -0.3 is 9.42 Å². The third-order valence-electron chi connectivity index (χ3n) is 4.78. The van der Waals surface area contributed by atoms with Crippen LogP contribution in [0.5, 0.6) is 0 Å². The summed E-state index contributed by atoms with van der Waals surface area (Å²) < 4.78 is 6.41. The zero-order valence-corrected chi connectivity index (χ0v) is 15.9. The molecule has 1 unspecified atom stereocenters. The quantitative estimate of drug-likeness (QED) is 0.668. The van der Waals surface area contributed by atoms with E-state index in [-0.39, 0.29) is 6.04 Å². The highest BCUT2D eigenvalue weighted by Crippen LogP contribution is 2.30. The van der Waals surface area contributed by atoms with E-state index in [2.05, 4.69) is 66.0 Å². The number of hydrogen-bond acceptors (Lipinski definition) is 6. The van der Waals surface area contributed by atoms with Gasteiger partial charge in [0.25, 0.3) is 0 Å². The summed E-state index contributed by atoms with van der Waals surface area (Å²) >= 11 is 3.57. The van der Waals surface area contributed by atoms with Crippen LogP contribution >= 0.6 is 15.9 Å². The first-order valence-electron chi connectivity index (χ1n) is 8.45. The van der Waals surface area contributed by atoms with Gasteiger partial charge in [-0.3, -0.25) is 9.88 Å². The van der Waals surface area contributed by atoms with Crippen LogP contribution in [0.2, 0.25) is 0 Å². The van der Waals surface area contributed by atoms with E-state index in [1.807, 2.05) is 19.2 Å². The van der Waals surface area contributed by atoms with Crippen molar-refractivity contribution < 1.29 is 4.52 Å². The number of aryl methyl sites for hydroxylation is 1. The smallest absolute Gasteiger partial charge is 0.243 e. The summed E-state index contributed by atoms with van der Waals surface area (Å²) in [5.74, 6) is 1.39. The van der Waals surface area contributed by atoms with Crippen LogP contribution in [0.15, 0.2) is 39.5 Å². The van der Waals surface area contributed by atoms with Gasteiger partial charge in [-0.2, -0.15) is 4.98 Å². The normalized spacial score (nSPS) is 17.2. The van der Waals surface area contributed by atoms with Gasteiger partial charge >= 0.3 is 0 Å². The maximum absolute atomic E-state index is 5.33. The van der Waals surface area contributed by atoms with Crippen molar-refractivity contribution in [1.29, 1.82) is 0 Å². The van der Waals surface area contributed by atoms with Gasteiger partial charge in [0.15, 0.2) is 5.82 Å². The van der Waals surface area contributed by atoms with E-state index in [1.165, 1.54) is 11.1 Å². The molecule has 0 aliphatic carbocycles. The van der Waals surface area contributed by atoms with Gasteiger partial charge in [-0.15, -0.1) is 0 Å². The number of nitrogens with zero attached hydrogens (tertiary/aromatic N) is 5. The Hall–Kier alpha value is -1.99. The Balaban J connectivity index is 1.51. The van der Waals surface area contributed by atoms with Crippen molar-refractivity contribution in [3.8, 4) is 0 Å². The fourth-order valence-corrected chi connectivity index (χ4v) is 3.73. The second kappa shape index (κ2) is 6.72. The number of hydrogen-bond donors (Lipinski definition) is 0. The number of fused-ring (bicyclic) bond motifs is 1. The van der Waals surface area contributed by atoms with Crippen LogP contribution in [-0.2, 0) is 0 Å². The first-order valence-corrected chi connectivity index (χ1v) is 9.24. The molecule has 3 aromatic rings. The molecule has 0 spiro atoms. The molecule has 1 fully saturated rings. The lowest BCUT2D eigenvalue weighted by molar-refractivity contribution is 0.164. The minimum atomic E-state index is 0.145. The first kappa shape index (κ1) is 16.5. The van der Waals surface area contributed by atoms with Crippen LogP contribution in [0.3, 0.4) is 0 Å². The van der Waals surface area contributed by atoms with Crippen molar-refractivity contribution in [3.05, 3.63) is 46.7 Å². The maximum atomic E-state index is 5.33. The molecule has 4 rings (SSSR count). The van der Waals surface area contributed by atoms with E-state index in [4.69, 9.17) is 4.52 Å². The van der Waals surface area contributed by atoms with Crippen LogP contribution in [0, 0.1) is 6.92 Å². The number of rotatable bonds is 3. The number of benzene rings is 1. The first-order chi connectivity index (χ1) is 12.1. The topological polar surface area (TPSA) is 58.3 Å². The molecule has 1 aliphatic heterocycles. The molecular weight excluding hydrogens is 382 g/mol. The van der Waals surface area contributed by atoms with Gasteiger partial charge in [0.05, 0.1) is 11.6 Å². The average Bonchev–Trinajstić information content (AvgIpc) is 3.07. The molecule has 1 saturated heterocycles. The van der Waals surface area contributed by atoms with Crippen molar-refractivity contribution in [1.82, 2.24) is 20.0 Å². The lowest BCUT2D eigenvalue weighted by Gasteiger charge is -2.38. The third kappa shape index (κ3) is 3.26. The molecule has 2 aromatic heterocycles. The van der Waals surface area contributed by atoms with Crippen molar-refractivity contribution in [2.75, 3.05) is 31.1 Å². The predicted octanol–water partition coefficient (Wildman–Crippen LogP) is 3.57. The van der Waals surface area contributed by atoms with E-state index in [1.54, 1.807) is 0 Å². The number of anilines is 1. The summed E-state index contributed by atoms with van der Waals surface area (Å²) in [7, 11) is 0. The lowest BCUT2D eigenvalue weighted by atomic mass is 10.1. The Bertz CT molecular complexity index is 888. The zero-order chi connectivity index (χ0) is 17.4. The van der Waals surface area contributed by atoms with Crippen molar-refractivity contribution in [2.24, 2.45) is 0 Å². The van der Waals surface area contributed by atoms with Crippen LogP contribution in [0.4, 0.5) is 5.69 Å². The fourth-order valence-electron chi connectivity index (χ4n) is 3.37. The third-order valence-corrected chi connectivity index (χ3v) is 5.28. The highest BCUT2D eigenvalue weighted by atomic mass is 79.9. The molecule has 0 saturated carbocycles. The molecule has 1 aromatic carbocycles. The van der Waals surface area contributed by atoms with E-state index in [0.29, 0.717) is 11.7 Å². The monoisotopic (exact) mass is 401 g/mol. The summed E-state index contributed by atoms with van der Waals surface area (Å²) in [6.45, 7) is 7.82. The van der Waals surface area contributed by atoms with Gasteiger partial charge in [-0.05, 0) is 38.1 Å². The Morgan fingerprint density at radius 1 is 1.16 bits per heavy atom. The van der Waals surface area contributed by atoms with E-state index in [9.17, 15) is 0 Å². The highest BCUT2D eigenvalue weighted by molar-refractivity contribution is 9.10. The molecule has 0 N–H and O–H groups in total. The molecule has 7 heteroatoms. The molecule has 130 valence electrons. The summed E-state index contributed by atoms with van der Waals surface area (Å²) in [6, 6.07) is 8.49. The second-order valence-electron chi connectivity index (χ2n) is 6.37. The van der Waals surface area contributed by atoms with Gasteiger partial charge in [0.2, 0.25) is 5.89 Å².